The van der Waals surface area contributed by atoms with Crippen molar-refractivity contribution in [2.24, 2.45) is 0 Å². The number of hydrogen-bond acceptors (Lipinski definition) is 4. The number of rotatable bonds is 4. The summed E-state index contributed by atoms with van der Waals surface area (Å²) in [4.78, 5) is 19.3. The first-order valence-corrected chi connectivity index (χ1v) is 9.57. The first-order valence-electron chi connectivity index (χ1n) is 8.76. The number of para-hydroxylation sites is 1. The van der Waals surface area contributed by atoms with Crippen LogP contribution in [0.4, 0.5) is 10.1 Å². The molecule has 2 aromatic carbocycles. The maximum absolute atomic E-state index is 13.9. The smallest absolute Gasteiger partial charge is 0.238 e. The molecule has 0 unspecified atom stereocenters. The van der Waals surface area contributed by atoms with Gasteiger partial charge >= 0.3 is 0 Å². The fourth-order valence-electron chi connectivity index (χ4n) is 3.42. The third kappa shape index (κ3) is 3.48. The standard InChI is InChI=1S/C20H20FN3OS/c1-13-8-9-15(14(21)11-13)22-19(25)12-24-10-4-6-17(24)20-23-16-5-2-3-7-18(16)26-20/h2-3,5,7-9,11,17H,4,6,10,12H2,1H3,(H,22,25)/t17-/m1/s1. The van der Waals surface area contributed by atoms with Crippen molar-refractivity contribution in [3.8, 4) is 0 Å². The number of thiazole rings is 1. The van der Waals surface area contributed by atoms with Crippen LogP contribution in [0.25, 0.3) is 10.2 Å². The van der Waals surface area contributed by atoms with Crippen LogP contribution in [0.1, 0.15) is 29.5 Å². The molecule has 1 saturated heterocycles. The van der Waals surface area contributed by atoms with E-state index in [1.807, 2.05) is 25.1 Å². The summed E-state index contributed by atoms with van der Waals surface area (Å²) in [6.45, 7) is 2.92. The van der Waals surface area contributed by atoms with Crippen molar-refractivity contribution in [1.29, 1.82) is 0 Å². The molecule has 4 rings (SSSR count). The van der Waals surface area contributed by atoms with Crippen LogP contribution in [0.3, 0.4) is 0 Å². The number of hydrogen-bond donors (Lipinski definition) is 1. The molecule has 0 saturated carbocycles. The molecule has 0 aliphatic carbocycles. The van der Waals surface area contributed by atoms with Gasteiger partial charge in [0.05, 0.1) is 28.5 Å². The van der Waals surface area contributed by atoms with E-state index in [1.54, 1.807) is 23.5 Å². The number of carbonyl (C=O) groups excluding carboxylic acids is 1. The highest BCUT2D eigenvalue weighted by molar-refractivity contribution is 7.18. The van der Waals surface area contributed by atoms with Crippen LogP contribution in [0, 0.1) is 12.7 Å². The van der Waals surface area contributed by atoms with Crippen molar-refractivity contribution in [1.82, 2.24) is 9.88 Å². The van der Waals surface area contributed by atoms with Crippen molar-refractivity contribution in [3.05, 3.63) is 58.9 Å². The second kappa shape index (κ2) is 7.13. The van der Waals surface area contributed by atoms with Crippen LogP contribution in [0.15, 0.2) is 42.5 Å². The number of amides is 1. The van der Waals surface area contributed by atoms with Gasteiger partial charge in [-0.05, 0) is 56.1 Å². The summed E-state index contributed by atoms with van der Waals surface area (Å²) in [5.74, 6) is -0.594. The van der Waals surface area contributed by atoms with Gasteiger partial charge in [-0.25, -0.2) is 9.37 Å². The van der Waals surface area contributed by atoms with E-state index in [0.29, 0.717) is 0 Å². The molecule has 1 amide bonds. The Morgan fingerprint density at radius 1 is 1.35 bits per heavy atom. The van der Waals surface area contributed by atoms with Gasteiger partial charge in [0, 0.05) is 0 Å². The number of halogens is 1. The highest BCUT2D eigenvalue weighted by atomic mass is 32.1. The fraction of sp³-hybridized carbons (Fsp3) is 0.300. The quantitative estimate of drug-likeness (QED) is 0.735. The lowest BCUT2D eigenvalue weighted by Gasteiger charge is -2.22. The van der Waals surface area contributed by atoms with Gasteiger partial charge in [0.15, 0.2) is 0 Å². The minimum absolute atomic E-state index is 0.154. The maximum Gasteiger partial charge on any atom is 0.238 e. The second-order valence-corrected chi connectivity index (χ2v) is 7.74. The zero-order chi connectivity index (χ0) is 18.1. The molecule has 4 nitrogen and oxygen atoms in total. The van der Waals surface area contributed by atoms with Crippen LogP contribution in [-0.2, 0) is 4.79 Å². The molecule has 134 valence electrons. The van der Waals surface area contributed by atoms with E-state index in [1.165, 1.54) is 10.8 Å². The van der Waals surface area contributed by atoms with Gasteiger partial charge in [0.1, 0.15) is 10.8 Å². The van der Waals surface area contributed by atoms with E-state index in [-0.39, 0.29) is 24.2 Å². The summed E-state index contributed by atoms with van der Waals surface area (Å²) in [5, 5.41) is 3.74. The second-order valence-electron chi connectivity index (χ2n) is 6.68. The number of nitrogens with one attached hydrogen (secondary N) is 1. The van der Waals surface area contributed by atoms with E-state index in [0.717, 1.165) is 35.5 Å². The molecule has 0 radical (unpaired) electrons. The number of likely N-dealkylation sites (tertiary alicyclic amines) is 1. The predicted octanol–water partition coefficient (Wildman–Crippen LogP) is 4.52. The molecule has 0 spiro atoms. The number of benzene rings is 2. The Kier molecular flexibility index (Phi) is 4.70. The third-order valence-electron chi connectivity index (χ3n) is 4.70. The normalized spacial score (nSPS) is 17.7. The van der Waals surface area contributed by atoms with E-state index >= 15 is 0 Å². The molecular formula is C20H20FN3OS. The van der Waals surface area contributed by atoms with Crippen molar-refractivity contribution < 1.29 is 9.18 Å². The Hall–Kier alpha value is -2.31. The van der Waals surface area contributed by atoms with Gasteiger partial charge in [0.25, 0.3) is 0 Å². The summed E-state index contributed by atoms with van der Waals surface area (Å²) >= 11 is 1.69. The van der Waals surface area contributed by atoms with Crippen LogP contribution in [-0.4, -0.2) is 28.9 Å². The fourth-order valence-corrected chi connectivity index (χ4v) is 4.56. The molecule has 3 aromatic rings. The lowest BCUT2D eigenvalue weighted by Crippen LogP contribution is -2.33. The Bertz CT molecular complexity index is 922. The summed E-state index contributed by atoms with van der Waals surface area (Å²) in [7, 11) is 0. The van der Waals surface area contributed by atoms with Crippen LogP contribution >= 0.6 is 11.3 Å². The van der Waals surface area contributed by atoms with E-state index in [2.05, 4.69) is 16.3 Å². The molecule has 0 bridgehead atoms. The summed E-state index contributed by atoms with van der Waals surface area (Å²) < 4.78 is 15.1. The number of carbonyl (C=O) groups is 1. The molecular weight excluding hydrogens is 349 g/mol. The zero-order valence-electron chi connectivity index (χ0n) is 14.5. The molecule has 1 atom stereocenters. The van der Waals surface area contributed by atoms with Crippen LogP contribution in [0.2, 0.25) is 0 Å². The van der Waals surface area contributed by atoms with Crippen LogP contribution in [0.5, 0.6) is 0 Å². The molecule has 1 fully saturated rings. The Morgan fingerprint density at radius 3 is 3.00 bits per heavy atom. The predicted molar refractivity (Wildman–Crippen MR) is 103 cm³/mol. The number of nitrogens with zero attached hydrogens (tertiary/aromatic N) is 2. The molecule has 1 aromatic heterocycles. The molecule has 1 aliphatic heterocycles. The average Bonchev–Trinajstić information content (AvgIpc) is 3.23. The Morgan fingerprint density at radius 2 is 2.19 bits per heavy atom. The third-order valence-corrected chi connectivity index (χ3v) is 5.84. The number of aryl methyl sites for hydroxylation is 1. The van der Waals surface area contributed by atoms with Gasteiger partial charge in [-0.1, -0.05) is 18.2 Å². The highest BCUT2D eigenvalue weighted by Gasteiger charge is 2.30. The van der Waals surface area contributed by atoms with E-state index < -0.39 is 5.82 Å². The van der Waals surface area contributed by atoms with Crippen molar-refractivity contribution >= 4 is 33.1 Å². The lowest BCUT2D eigenvalue weighted by molar-refractivity contribution is -0.117. The van der Waals surface area contributed by atoms with Crippen molar-refractivity contribution in [2.45, 2.75) is 25.8 Å². The Balaban J connectivity index is 1.47. The molecule has 26 heavy (non-hydrogen) atoms. The first-order chi connectivity index (χ1) is 12.6. The Labute approximate surface area is 155 Å². The average molecular weight is 369 g/mol. The van der Waals surface area contributed by atoms with E-state index in [9.17, 15) is 9.18 Å². The minimum Gasteiger partial charge on any atom is -0.322 e. The summed E-state index contributed by atoms with van der Waals surface area (Å²) in [6, 6.07) is 13.1. The van der Waals surface area contributed by atoms with Crippen molar-refractivity contribution in [3.63, 3.8) is 0 Å². The first kappa shape index (κ1) is 17.1. The molecule has 6 heteroatoms. The van der Waals surface area contributed by atoms with Gasteiger partial charge in [-0.2, -0.15) is 0 Å². The maximum atomic E-state index is 13.9. The van der Waals surface area contributed by atoms with Crippen LogP contribution < -0.4 is 5.32 Å². The van der Waals surface area contributed by atoms with E-state index in [4.69, 9.17) is 4.98 Å². The van der Waals surface area contributed by atoms with Gasteiger partial charge in [-0.3, -0.25) is 9.69 Å². The molecule has 1 N–H and O–H groups in total. The number of anilines is 1. The largest absolute Gasteiger partial charge is 0.322 e. The lowest BCUT2D eigenvalue weighted by atomic mass is 10.2. The number of aromatic nitrogens is 1. The molecule has 2 heterocycles. The zero-order valence-corrected chi connectivity index (χ0v) is 15.4. The minimum atomic E-state index is -0.400. The highest BCUT2D eigenvalue weighted by Crippen LogP contribution is 2.36. The monoisotopic (exact) mass is 369 g/mol. The SMILES string of the molecule is Cc1ccc(NC(=O)CN2CCC[C@@H]2c2nc3ccccc3s2)c(F)c1. The van der Waals surface area contributed by atoms with Gasteiger partial charge in [-0.15, -0.1) is 11.3 Å². The summed E-state index contributed by atoms with van der Waals surface area (Å²) in [6.07, 6.45) is 2.03. The number of fused-ring (bicyclic) bond motifs is 1. The summed E-state index contributed by atoms with van der Waals surface area (Å²) in [5.41, 5.74) is 2.07. The van der Waals surface area contributed by atoms with Gasteiger partial charge < -0.3 is 5.32 Å². The topological polar surface area (TPSA) is 45.2 Å². The van der Waals surface area contributed by atoms with Gasteiger partial charge in [0.2, 0.25) is 5.91 Å². The van der Waals surface area contributed by atoms with Crippen molar-refractivity contribution in [2.75, 3.05) is 18.4 Å². The molecule has 1 aliphatic rings.